The molecule has 2 fully saturated rings. The second-order valence-corrected chi connectivity index (χ2v) is 5.61. The molecule has 2 rings (SSSR count). The average molecular weight is 167 g/mol. The van der Waals surface area contributed by atoms with Crippen LogP contribution in [-0.2, 0) is 0 Å². The van der Waals surface area contributed by atoms with Crippen LogP contribution in [0, 0.1) is 17.3 Å². The molecule has 2 heterocycles. The second-order valence-electron chi connectivity index (χ2n) is 5.61. The molecule has 2 aliphatic heterocycles. The lowest BCUT2D eigenvalue weighted by Crippen LogP contribution is -2.38. The topological polar surface area (TPSA) is 3.24 Å². The zero-order valence-corrected chi connectivity index (χ0v) is 8.64. The lowest BCUT2D eigenvalue weighted by molar-refractivity contribution is 0.103. The van der Waals surface area contributed by atoms with Crippen LogP contribution in [-0.4, -0.2) is 24.5 Å². The minimum absolute atomic E-state index is 0.543. The molecule has 0 amide bonds. The smallest absolute Gasteiger partial charge is 0.00130 e. The van der Waals surface area contributed by atoms with Crippen molar-refractivity contribution in [2.24, 2.45) is 17.3 Å². The highest BCUT2D eigenvalue weighted by molar-refractivity contribution is 4.91. The molecule has 0 aromatic rings. The van der Waals surface area contributed by atoms with Crippen molar-refractivity contribution < 1.29 is 0 Å². The predicted molar refractivity (Wildman–Crippen MR) is 52.1 cm³/mol. The highest BCUT2D eigenvalue weighted by atomic mass is 15.2. The first-order valence-corrected chi connectivity index (χ1v) is 5.30. The number of nitrogens with zero attached hydrogens (tertiary/aromatic N) is 1. The first kappa shape index (κ1) is 8.55. The monoisotopic (exact) mass is 167 g/mol. The molecule has 0 spiro atoms. The predicted octanol–water partition coefficient (Wildman–Crippen LogP) is 2.37. The Hall–Kier alpha value is -0.0400. The van der Waals surface area contributed by atoms with E-state index in [2.05, 4.69) is 25.7 Å². The molecule has 70 valence electrons. The molecule has 0 aliphatic carbocycles. The van der Waals surface area contributed by atoms with Gasteiger partial charge in [-0.25, -0.2) is 0 Å². The largest absolute Gasteiger partial charge is 0.303 e. The maximum absolute atomic E-state index is 2.63. The Morgan fingerprint density at radius 2 is 1.75 bits per heavy atom. The minimum Gasteiger partial charge on any atom is -0.303 e. The summed E-state index contributed by atoms with van der Waals surface area (Å²) < 4.78 is 0. The van der Waals surface area contributed by atoms with Crippen molar-refractivity contribution in [2.45, 2.75) is 33.6 Å². The minimum atomic E-state index is 0.543. The van der Waals surface area contributed by atoms with E-state index in [9.17, 15) is 0 Å². The summed E-state index contributed by atoms with van der Waals surface area (Å²) in [6.45, 7) is 11.3. The molecule has 0 radical (unpaired) electrons. The summed E-state index contributed by atoms with van der Waals surface area (Å²) >= 11 is 0. The van der Waals surface area contributed by atoms with Gasteiger partial charge in [-0.15, -0.1) is 0 Å². The molecule has 3 unspecified atom stereocenters. The first-order valence-electron chi connectivity index (χ1n) is 5.30. The van der Waals surface area contributed by atoms with Crippen molar-refractivity contribution in [1.29, 1.82) is 0 Å². The van der Waals surface area contributed by atoms with E-state index < -0.39 is 0 Å². The molecule has 3 atom stereocenters. The molecule has 2 bridgehead atoms. The van der Waals surface area contributed by atoms with Gasteiger partial charge in [-0.1, -0.05) is 20.8 Å². The number of hydrogen-bond donors (Lipinski definition) is 0. The Morgan fingerprint density at radius 3 is 2.42 bits per heavy atom. The molecular weight excluding hydrogens is 146 g/mol. The van der Waals surface area contributed by atoms with Gasteiger partial charge < -0.3 is 4.90 Å². The SMILES string of the molecule is CC(C)(C)C1CCN2CCC1C2. The highest BCUT2D eigenvalue weighted by Crippen LogP contribution is 2.42. The molecule has 1 nitrogen and oxygen atoms in total. The van der Waals surface area contributed by atoms with Crippen LogP contribution in [0.5, 0.6) is 0 Å². The van der Waals surface area contributed by atoms with Crippen LogP contribution < -0.4 is 0 Å². The molecule has 0 aromatic carbocycles. The van der Waals surface area contributed by atoms with Crippen molar-refractivity contribution in [1.82, 2.24) is 4.90 Å². The van der Waals surface area contributed by atoms with Crippen molar-refractivity contribution in [3.05, 3.63) is 0 Å². The van der Waals surface area contributed by atoms with Crippen molar-refractivity contribution in [2.75, 3.05) is 19.6 Å². The van der Waals surface area contributed by atoms with Crippen LogP contribution in [0.25, 0.3) is 0 Å². The Labute approximate surface area is 76.1 Å². The summed E-state index contributed by atoms with van der Waals surface area (Å²) in [5, 5.41) is 0. The Bertz CT molecular complexity index is 168. The van der Waals surface area contributed by atoms with Crippen LogP contribution in [0.1, 0.15) is 33.6 Å². The fourth-order valence-corrected chi connectivity index (χ4v) is 3.09. The highest BCUT2D eigenvalue weighted by Gasteiger charge is 2.39. The number of rotatable bonds is 0. The zero-order chi connectivity index (χ0) is 8.77. The summed E-state index contributed by atoms with van der Waals surface area (Å²) in [6.07, 6.45) is 2.90. The van der Waals surface area contributed by atoms with Crippen LogP contribution in [0.2, 0.25) is 0 Å². The van der Waals surface area contributed by atoms with Gasteiger partial charge in [-0.3, -0.25) is 0 Å². The normalized spacial score (nSPS) is 41.8. The number of fused-ring (bicyclic) bond motifs is 2. The fourth-order valence-electron chi connectivity index (χ4n) is 3.09. The third-order valence-electron chi connectivity index (χ3n) is 3.75. The molecule has 0 saturated carbocycles. The van der Waals surface area contributed by atoms with Gasteiger partial charge in [0.25, 0.3) is 0 Å². The van der Waals surface area contributed by atoms with Crippen molar-refractivity contribution in [3.63, 3.8) is 0 Å². The van der Waals surface area contributed by atoms with Gasteiger partial charge in [0, 0.05) is 6.54 Å². The summed E-state index contributed by atoms with van der Waals surface area (Å²) in [6, 6.07) is 0. The molecule has 12 heavy (non-hydrogen) atoms. The van der Waals surface area contributed by atoms with Gasteiger partial charge in [-0.05, 0) is 43.2 Å². The molecule has 2 saturated heterocycles. The first-order chi connectivity index (χ1) is 5.57. The number of piperidine rings is 1. The van der Waals surface area contributed by atoms with Gasteiger partial charge in [-0.2, -0.15) is 0 Å². The van der Waals surface area contributed by atoms with Gasteiger partial charge >= 0.3 is 0 Å². The van der Waals surface area contributed by atoms with Crippen LogP contribution >= 0.6 is 0 Å². The van der Waals surface area contributed by atoms with Gasteiger partial charge in [0.2, 0.25) is 0 Å². The van der Waals surface area contributed by atoms with E-state index in [0.717, 1.165) is 11.8 Å². The quantitative estimate of drug-likeness (QED) is 0.535. The molecule has 0 aromatic heterocycles. The molecule has 2 aliphatic rings. The summed E-state index contributed by atoms with van der Waals surface area (Å²) in [4.78, 5) is 2.63. The van der Waals surface area contributed by atoms with E-state index in [1.807, 2.05) is 0 Å². The summed E-state index contributed by atoms with van der Waals surface area (Å²) in [7, 11) is 0. The second kappa shape index (κ2) is 2.73. The lowest BCUT2D eigenvalue weighted by Gasteiger charge is -2.39. The maximum Gasteiger partial charge on any atom is 0.00130 e. The molecule has 1 heteroatoms. The van der Waals surface area contributed by atoms with E-state index >= 15 is 0 Å². The fraction of sp³-hybridized carbons (Fsp3) is 1.00. The van der Waals surface area contributed by atoms with Crippen LogP contribution in [0.15, 0.2) is 0 Å². The maximum atomic E-state index is 2.63. The van der Waals surface area contributed by atoms with Crippen molar-refractivity contribution >= 4 is 0 Å². The summed E-state index contributed by atoms with van der Waals surface area (Å²) in [5.41, 5.74) is 0.543. The van der Waals surface area contributed by atoms with E-state index in [1.165, 1.54) is 32.5 Å². The van der Waals surface area contributed by atoms with E-state index in [1.54, 1.807) is 0 Å². The Morgan fingerprint density at radius 1 is 1.08 bits per heavy atom. The molecule has 0 N–H and O–H groups in total. The lowest BCUT2D eigenvalue weighted by atomic mass is 9.70. The van der Waals surface area contributed by atoms with Crippen LogP contribution in [0.3, 0.4) is 0 Å². The van der Waals surface area contributed by atoms with Gasteiger partial charge in [0.05, 0.1) is 0 Å². The van der Waals surface area contributed by atoms with E-state index in [0.29, 0.717) is 5.41 Å². The average Bonchev–Trinajstić information content (AvgIpc) is 2.30. The number of hydrogen-bond acceptors (Lipinski definition) is 1. The third-order valence-corrected chi connectivity index (χ3v) is 3.75. The Balaban J connectivity index is 2.07. The standard InChI is InChI=1S/C11H21N/c1-11(2,3)10-5-7-12-6-4-9(10)8-12/h9-10H,4-8H2,1-3H3. The summed E-state index contributed by atoms with van der Waals surface area (Å²) in [5.74, 6) is 2.00. The Kier molecular flexibility index (Phi) is 1.95. The van der Waals surface area contributed by atoms with E-state index in [-0.39, 0.29) is 0 Å². The van der Waals surface area contributed by atoms with Crippen molar-refractivity contribution in [3.8, 4) is 0 Å². The zero-order valence-electron chi connectivity index (χ0n) is 8.64. The third kappa shape index (κ3) is 1.39. The van der Waals surface area contributed by atoms with E-state index in [4.69, 9.17) is 0 Å². The van der Waals surface area contributed by atoms with Gasteiger partial charge in [0.1, 0.15) is 0 Å². The van der Waals surface area contributed by atoms with Gasteiger partial charge in [0.15, 0.2) is 0 Å². The van der Waals surface area contributed by atoms with Crippen LogP contribution in [0.4, 0.5) is 0 Å². The molecular formula is C11H21N.